The monoisotopic (exact) mass is 1560 g/mol. The van der Waals surface area contributed by atoms with Gasteiger partial charge in [0.25, 0.3) is 0 Å². The second-order valence-electron chi connectivity index (χ2n) is 32.4. The molecule has 0 amide bonds. The zero-order valence-electron chi connectivity index (χ0n) is 70.5. The van der Waals surface area contributed by atoms with E-state index in [4.69, 9.17) is 37.0 Å². The number of esters is 4. The largest absolute Gasteiger partial charge is 0.472 e. The van der Waals surface area contributed by atoms with Gasteiger partial charge in [-0.25, -0.2) is 9.13 Å². The average Bonchev–Trinajstić information content (AvgIpc) is 0.909. The molecule has 17 nitrogen and oxygen atoms in total. The van der Waals surface area contributed by atoms with Crippen molar-refractivity contribution in [3.63, 3.8) is 0 Å². The number of carbonyl (C=O) groups excluding carboxylic acids is 4. The summed E-state index contributed by atoms with van der Waals surface area (Å²) >= 11 is 0. The summed E-state index contributed by atoms with van der Waals surface area (Å²) in [6, 6.07) is 0. The highest BCUT2D eigenvalue weighted by atomic mass is 31.2. The first kappa shape index (κ1) is 105. The molecular weight excluding hydrogens is 1390 g/mol. The number of carbonyl (C=O) groups is 4. The molecule has 636 valence electrons. The fourth-order valence-corrected chi connectivity index (χ4v) is 15.3. The van der Waals surface area contributed by atoms with Crippen molar-refractivity contribution in [3.8, 4) is 0 Å². The molecule has 0 heterocycles. The highest BCUT2D eigenvalue weighted by Gasteiger charge is 2.31. The molecule has 0 aromatic rings. The van der Waals surface area contributed by atoms with Crippen LogP contribution in [0.5, 0.6) is 0 Å². The molecule has 0 aliphatic heterocycles. The number of phosphoric ester groups is 2. The maximum absolute atomic E-state index is 13.2. The number of aliphatic hydroxyl groups excluding tert-OH is 1. The molecule has 0 saturated heterocycles. The van der Waals surface area contributed by atoms with Crippen molar-refractivity contribution in [2.45, 2.75) is 490 Å². The molecule has 0 aliphatic carbocycles. The van der Waals surface area contributed by atoms with Gasteiger partial charge in [0.05, 0.1) is 26.4 Å². The minimum atomic E-state index is -4.97. The van der Waals surface area contributed by atoms with E-state index in [0.717, 1.165) is 102 Å². The summed E-state index contributed by atoms with van der Waals surface area (Å²) in [6.07, 6.45) is 72.2. The maximum Gasteiger partial charge on any atom is 0.472 e. The van der Waals surface area contributed by atoms with Crippen molar-refractivity contribution in [2.24, 2.45) is 11.8 Å². The number of hydrogen-bond donors (Lipinski definition) is 3. The van der Waals surface area contributed by atoms with E-state index < -0.39 is 97.5 Å². The van der Waals surface area contributed by atoms with Crippen LogP contribution in [0.25, 0.3) is 0 Å². The van der Waals surface area contributed by atoms with Crippen LogP contribution in [-0.2, 0) is 65.4 Å². The Bertz CT molecular complexity index is 2050. The summed E-state index contributed by atoms with van der Waals surface area (Å²) in [4.78, 5) is 73.3. The highest BCUT2D eigenvalue weighted by molar-refractivity contribution is 7.47. The molecule has 107 heavy (non-hydrogen) atoms. The van der Waals surface area contributed by atoms with Crippen LogP contribution in [0.15, 0.2) is 0 Å². The molecule has 0 bridgehead atoms. The van der Waals surface area contributed by atoms with Crippen molar-refractivity contribution in [1.82, 2.24) is 0 Å². The lowest BCUT2D eigenvalue weighted by atomic mass is 9.99. The molecule has 0 rings (SSSR count). The van der Waals surface area contributed by atoms with Gasteiger partial charge in [0, 0.05) is 25.7 Å². The Morgan fingerprint density at radius 1 is 0.271 bits per heavy atom. The molecule has 0 spiro atoms. The van der Waals surface area contributed by atoms with Gasteiger partial charge in [-0.3, -0.25) is 37.3 Å². The second-order valence-corrected chi connectivity index (χ2v) is 35.3. The summed E-state index contributed by atoms with van der Waals surface area (Å²) < 4.78 is 69.0. The van der Waals surface area contributed by atoms with E-state index in [1.165, 1.54) is 289 Å². The standard InChI is InChI=1S/C88H172O17P2/c1-7-10-12-14-16-18-20-22-24-26-27-28-29-31-33-39-43-47-55-61-67-72-87(92)104-83(76-98-85(90)70-64-58-52-45-41-37-35-34-36-40-44-50-56-62-68-80(4)5)78-102-106(94,95)100-74-82(89)75-101-107(96,97)103-79-84(77-99-86(91)71-65-59-53-49-48-51-57-63-69-81(6)9-3)105-88(93)73-66-60-54-46-42-38-32-30-25-23-21-19-17-15-13-11-8-2/h80-84,89H,7-79H2,1-6H3,(H,94,95)(H,96,97)/t81?,82-,83-,84-/m1/s1. The van der Waals surface area contributed by atoms with Gasteiger partial charge >= 0.3 is 39.5 Å². The lowest BCUT2D eigenvalue weighted by molar-refractivity contribution is -0.161. The number of phosphoric acid groups is 2. The van der Waals surface area contributed by atoms with Gasteiger partial charge in [-0.2, -0.15) is 0 Å². The Labute approximate surface area is 658 Å². The van der Waals surface area contributed by atoms with E-state index in [-0.39, 0.29) is 25.7 Å². The second kappa shape index (κ2) is 79.3. The first-order chi connectivity index (χ1) is 51.9. The van der Waals surface area contributed by atoms with E-state index in [2.05, 4.69) is 41.5 Å². The molecule has 0 aromatic heterocycles. The van der Waals surface area contributed by atoms with Gasteiger partial charge in [0.2, 0.25) is 0 Å². The molecule has 0 aliphatic rings. The van der Waals surface area contributed by atoms with Gasteiger partial charge in [0.15, 0.2) is 12.2 Å². The number of hydrogen-bond acceptors (Lipinski definition) is 15. The van der Waals surface area contributed by atoms with Crippen LogP contribution in [0.2, 0.25) is 0 Å². The fraction of sp³-hybridized carbons (Fsp3) is 0.955. The SMILES string of the molecule is CCCCCCCCCCCCCCCCCCCCCCCC(=O)O[C@H](COC(=O)CCCCCCCCCCCCCCCCC(C)C)COP(=O)(O)OC[C@@H](O)COP(=O)(O)OC[C@@H](COC(=O)CCCCCCCCCCC(C)CC)OC(=O)CCCCCCCCCCCCCCCCCCC. The van der Waals surface area contributed by atoms with Crippen molar-refractivity contribution < 1.29 is 80.2 Å². The van der Waals surface area contributed by atoms with Crippen molar-refractivity contribution >= 4 is 39.5 Å². The van der Waals surface area contributed by atoms with Crippen LogP contribution >= 0.6 is 15.6 Å². The van der Waals surface area contributed by atoms with Crippen LogP contribution < -0.4 is 0 Å². The van der Waals surface area contributed by atoms with Gasteiger partial charge < -0.3 is 33.8 Å². The topological polar surface area (TPSA) is 237 Å². The average molecular weight is 1560 g/mol. The summed E-state index contributed by atoms with van der Waals surface area (Å²) in [5.74, 6) is -0.522. The summed E-state index contributed by atoms with van der Waals surface area (Å²) in [5.41, 5.74) is 0. The lowest BCUT2D eigenvalue weighted by Gasteiger charge is -2.21. The van der Waals surface area contributed by atoms with Crippen LogP contribution in [0.4, 0.5) is 0 Å². The van der Waals surface area contributed by atoms with Crippen molar-refractivity contribution in [3.05, 3.63) is 0 Å². The smallest absolute Gasteiger partial charge is 0.462 e. The Morgan fingerprint density at radius 2 is 0.477 bits per heavy atom. The van der Waals surface area contributed by atoms with Gasteiger partial charge in [-0.05, 0) is 37.5 Å². The van der Waals surface area contributed by atoms with Crippen LogP contribution in [-0.4, -0.2) is 96.7 Å². The fourth-order valence-electron chi connectivity index (χ4n) is 13.7. The van der Waals surface area contributed by atoms with Crippen LogP contribution in [0.1, 0.15) is 472 Å². The van der Waals surface area contributed by atoms with E-state index >= 15 is 0 Å². The van der Waals surface area contributed by atoms with Gasteiger partial charge in [0.1, 0.15) is 19.3 Å². The van der Waals surface area contributed by atoms with Gasteiger partial charge in [-0.15, -0.1) is 0 Å². The molecule has 3 N–H and O–H groups in total. The van der Waals surface area contributed by atoms with E-state index in [0.29, 0.717) is 25.7 Å². The Kier molecular flexibility index (Phi) is 77.9. The molecule has 6 atom stereocenters. The van der Waals surface area contributed by atoms with E-state index in [9.17, 15) is 43.2 Å². The molecule has 0 radical (unpaired) electrons. The van der Waals surface area contributed by atoms with Crippen LogP contribution in [0, 0.1) is 11.8 Å². The third kappa shape index (κ3) is 80.5. The van der Waals surface area contributed by atoms with Crippen molar-refractivity contribution in [2.75, 3.05) is 39.6 Å². The first-order valence-corrected chi connectivity index (χ1v) is 48.5. The highest BCUT2D eigenvalue weighted by Crippen LogP contribution is 2.45. The third-order valence-electron chi connectivity index (χ3n) is 21.1. The maximum atomic E-state index is 13.2. The molecule has 0 fully saturated rings. The first-order valence-electron chi connectivity index (χ1n) is 45.5. The molecule has 0 saturated carbocycles. The molecular formula is C88H172O17P2. The zero-order chi connectivity index (χ0) is 78.5. The summed E-state index contributed by atoms with van der Waals surface area (Å²) in [5, 5.41) is 10.7. The minimum Gasteiger partial charge on any atom is -0.462 e. The molecule has 3 unspecified atom stereocenters. The number of unbranched alkanes of at least 4 members (excludes halogenated alkanes) is 56. The number of aliphatic hydroxyl groups is 1. The van der Waals surface area contributed by atoms with E-state index in [1.807, 2.05) is 0 Å². The lowest BCUT2D eigenvalue weighted by Crippen LogP contribution is -2.30. The minimum absolute atomic E-state index is 0.108. The Balaban J connectivity index is 5.25. The number of ether oxygens (including phenoxy) is 4. The normalized spacial score (nSPS) is 14.0. The molecule has 0 aromatic carbocycles. The zero-order valence-corrected chi connectivity index (χ0v) is 72.2. The van der Waals surface area contributed by atoms with Gasteiger partial charge in [-0.1, -0.05) is 420 Å². The Hall–Kier alpha value is -1.94. The third-order valence-corrected chi connectivity index (χ3v) is 23.0. The summed E-state index contributed by atoms with van der Waals surface area (Å²) in [6.45, 7) is 9.71. The summed E-state index contributed by atoms with van der Waals surface area (Å²) in [7, 11) is -9.93. The molecule has 19 heteroatoms. The predicted molar refractivity (Wildman–Crippen MR) is 442 cm³/mol. The Morgan fingerprint density at radius 3 is 0.710 bits per heavy atom. The number of rotatable bonds is 87. The van der Waals surface area contributed by atoms with E-state index in [1.54, 1.807) is 0 Å². The van der Waals surface area contributed by atoms with Crippen molar-refractivity contribution in [1.29, 1.82) is 0 Å². The quantitative estimate of drug-likeness (QED) is 0.0222. The van der Waals surface area contributed by atoms with Crippen LogP contribution in [0.3, 0.4) is 0 Å². The predicted octanol–water partition coefficient (Wildman–Crippen LogP) is 27.0.